The lowest BCUT2D eigenvalue weighted by atomic mass is 10.2. The SMILES string of the molecule is O=C(O)c1nnn(-c2ccc(Br)cc2Br)c1C1CC1. The van der Waals surface area contributed by atoms with E-state index in [4.69, 9.17) is 0 Å². The number of hydrogen-bond donors (Lipinski definition) is 1. The van der Waals surface area contributed by atoms with Crippen LogP contribution in [-0.4, -0.2) is 26.1 Å². The molecule has 0 atom stereocenters. The van der Waals surface area contributed by atoms with Crippen molar-refractivity contribution in [1.29, 1.82) is 0 Å². The monoisotopic (exact) mass is 385 g/mol. The van der Waals surface area contributed by atoms with Gasteiger partial charge in [-0.15, -0.1) is 5.10 Å². The zero-order valence-corrected chi connectivity index (χ0v) is 12.8. The summed E-state index contributed by atoms with van der Waals surface area (Å²) in [6.45, 7) is 0. The Balaban J connectivity index is 2.17. The number of aromatic nitrogens is 3. The van der Waals surface area contributed by atoms with Crippen molar-refractivity contribution < 1.29 is 9.90 Å². The standard InChI is InChI=1S/C12H9Br2N3O2/c13-7-3-4-9(8(14)5-7)17-11(6-1-2-6)10(12(18)19)15-16-17/h3-6H,1-2H2,(H,18,19). The Morgan fingerprint density at radius 1 is 1.37 bits per heavy atom. The molecule has 7 heteroatoms. The molecule has 0 saturated heterocycles. The van der Waals surface area contributed by atoms with Crippen LogP contribution in [0.4, 0.5) is 0 Å². The molecule has 0 spiro atoms. The van der Waals surface area contributed by atoms with Gasteiger partial charge < -0.3 is 5.11 Å². The summed E-state index contributed by atoms with van der Waals surface area (Å²) in [7, 11) is 0. The molecule has 1 fully saturated rings. The highest BCUT2D eigenvalue weighted by Crippen LogP contribution is 2.42. The highest BCUT2D eigenvalue weighted by atomic mass is 79.9. The molecule has 1 aromatic carbocycles. The van der Waals surface area contributed by atoms with Gasteiger partial charge in [-0.2, -0.15) is 0 Å². The van der Waals surface area contributed by atoms with Crippen LogP contribution in [0.25, 0.3) is 5.69 Å². The Labute approximate surface area is 125 Å². The summed E-state index contributed by atoms with van der Waals surface area (Å²) < 4.78 is 3.40. The van der Waals surface area contributed by atoms with Gasteiger partial charge in [-0.25, -0.2) is 9.48 Å². The minimum Gasteiger partial charge on any atom is -0.476 e. The van der Waals surface area contributed by atoms with Gasteiger partial charge in [-0.05, 0) is 47.0 Å². The number of aromatic carboxylic acids is 1. The molecule has 1 aromatic heterocycles. The number of carbonyl (C=O) groups is 1. The van der Waals surface area contributed by atoms with Crippen LogP contribution in [0.15, 0.2) is 27.1 Å². The quantitative estimate of drug-likeness (QED) is 0.877. The largest absolute Gasteiger partial charge is 0.476 e. The fourth-order valence-corrected chi connectivity index (χ4v) is 3.21. The van der Waals surface area contributed by atoms with Gasteiger partial charge in [0.15, 0.2) is 5.69 Å². The van der Waals surface area contributed by atoms with Crippen molar-refractivity contribution >= 4 is 37.8 Å². The fraction of sp³-hybridized carbons (Fsp3) is 0.250. The minimum atomic E-state index is -1.03. The van der Waals surface area contributed by atoms with E-state index in [0.29, 0.717) is 5.69 Å². The molecule has 98 valence electrons. The van der Waals surface area contributed by atoms with Crippen LogP contribution in [0.3, 0.4) is 0 Å². The Hall–Kier alpha value is -1.21. The molecular weight excluding hydrogens is 378 g/mol. The lowest BCUT2D eigenvalue weighted by molar-refractivity contribution is 0.0689. The number of halogens is 2. The zero-order valence-electron chi connectivity index (χ0n) is 9.68. The first-order chi connectivity index (χ1) is 9.08. The molecule has 1 aliphatic carbocycles. The van der Waals surface area contributed by atoms with Crippen LogP contribution in [0, 0.1) is 0 Å². The van der Waals surface area contributed by atoms with E-state index < -0.39 is 5.97 Å². The van der Waals surface area contributed by atoms with E-state index in [1.54, 1.807) is 4.68 Å². The first kappa shape index (κ1) is 12.8. The zero-order chi connectivity index (χ0) is 13.6. The van der Waals surface area contributed by atoms with Crippen molar-refractivity contribution in [2.24, 2.45) is 0 Å². The summed E-state index contributed by atoms with van der Waals surface area (Å²) in [5.74, 6) is -0.780. The molecule has 0 radical (unpaired) electrons. The van der Waals surface area contributed by atoms with Crippen LogP contribution in [-0.2, 0) is 0 Å². The molecule has 1 aliphatic rings. The van der Waals surface area contributed by atoms with Gasteiger partial charge >= 0.3 is 5.97 Å². The van der Waals surface area contributed by atoms with Gasteiger partial charge in [0.25, 0.3) is 0 Å². The third-order valence-electron chi connectivity index (χ3n) is 3.01. The number of hydrogen-bond acceptors (Lipinski definition) is 3. The van der Waals surface area contributed by atoms with Gasteiger partial charge in [-0.1, -0.05) is 21.1 Å². The van der Waals surface area contributed by atoms with Crippen LogP contribution < -0.4 is 0 Å². The van der Waals surface area contributed by atoms with Crippen molar-refractivity contribution in [3.63, 3.8) is 0 Å². The molecule has 0 aliphatic heterocycles. The summed E-state index contributed by atoms with van der Waals surface area (Å²) in [4.78, 5) is 11.2. The summed E-state index contributed by atoms with van der Waals surface area (Å²) in [5.41, 5.74) is 1.54. The molecule has 0 unspecified atom stereocenters. The lowest BCUT2D eigenvalue weighted by Crippen LogP contribution is -2.06. The Morgan fingerprint density at radius 2 is 2.11 bits per heavy atom. The van der Waals surface area contributed by atoms with Crippen molar-refractivity contribution in [3.8, 4) is 5.69 Å². The highest BCUT2D eigenvalue weighted by Gasteiger charge is 2.34. The van der Waals surface area contributed by atoms with Gasteiger partial charge in [-0.3, -0.25) is 0 Å². The number of nitrogens with zero attached hydrogens (tertiary/aromatic N) is 3. The molecule has 5 nitrogen and oxygen atoms in total. The van der Waals surface area contributed by atoms with Gasteiger partial charge in [0, 0.05) is 14.9 Å². The molecule has 1 heterocycles. The number of carboxylic acid groups (broad SMARTS) is 1. The Morgan fingerprint density at radius 3 is 2.68 bits per heavy atom. The second-order valence-corrected chi connectivity index (χ2v) is 6.18. The Kier molecular flexibility index (Phi) is 3.18. The van der Waals surface area contributed by atoms with Gasteiger partial charge in [0.2, 0.25) is 0 Å². The topological polar surface area (TPSA) is 68.0 Å². The minimum absolute atomic E-state index is 0.0531. The lowest BCUT2D eigenvalue weighted by Gasteiger charge is -2.08. The smallest absolute Gasteiger partial charge is 0.358 e. The number of carboxylic acids is 1. The maximum Gasteiger partial charge on any atom is 0.358 e. The number of benzene rings is 1. The van der Waals surface area contributed by atoms with E-state index in [2.05, 4.69) is 42.2 Å². The molecule has 0 bridgehead atoms. The second kappa shape index (κ2) is 4.72. The third kappa shape index (κ3) is 2.32. The normalized spacial score (nSPS) is 14.6. The van der Waals surface area contributed by atoms with Crippen molar-refractivity contribution in [2.45, 2.75) is 18.8 Å². The van der Waals surface area contributed by atoms with E-state index >= 15 is 0 Å². The molecule has 19 heavy (non-hydrogen) atoms. The molecule has 3 rings (SSSR count). The van der Waals surface area contributed by atoms with Crippen LogP contribution >= 0.6 is 31.9 Å². The molecule has 1 N–H and O–H groups in total. The van der Waals surface area contributed by atoms with E-state index in [9.17, 15) is 9.90 Å². The van der Waals surface area contributed by atoms with E-state index in [-0.39, 0.29) is 11.6 Å². The van der Waals surface area contributed by atoms with Crippen LogP contribution in [0.5, 0.6) is 0 Å². The van der Waals surface area contributed by atoms with E-state index in [0.717, 1.165) is 27.5 Å². The maximum atomic E-state index is 11.2. The van der Waals surface area contributed by atoms with Crippen LogP contribution in [0.1, 0.15) is 34.9 Å². The predicted molar refractivity (Wildman–Crippen MR) is 75.7 cm³/mol. The third-order valence-corrected chi connectivity index (χ3v) is 4.14. The van der Waals surface area contributed by atoms with Crippen molar-refractivity contribution in [2.75, 3.05) is 0 Å². The first-order valence-electron chi connectivity index (χ1n) is 5.72. The predicted octanol–water partition coefficient (Wildman–Crippen LogP) is 3.37. The molecular formula is C12H9Br2N3O2. The maximum absolute atomic E-state index is 11.2. The van der Waals surface area contributed by atoms with Crippen LogP contribution in [0.2, 0.25) is 0 Å². The molecule has 2 aromatic rings. The summed E-state index contributed by atoms with van der Waals surface area (Å²) in [5, 5.41) is 17.0. The first-order valence-corrected chi connectivity index (χ1v) is 7.31. The fourth-order valence-electron chi connectivity index (χ4n) is 2.00. The summed E-state index contributed by atoms with van der Waals surface area (Å²) >= 11 is 6.86. The average Bonchev–Trinajstić information content (AvgIpc) is 3.08. The molecule has 1 saturated carbocycles. The van der Waals surface area contributed by atoms with Crippen molar-refractivity contribution in [3.05, 3.63) is 38.5 Å². The van der Waals surface area contributed by atoms with E-state index in [1.165, 1.54) is 0 Å². The van der Waals surface area contributed by atoms with Gasteiger partial charge in [0.05, 0.1) is 11.4 Å². The second-order valence-electron chi connectivity index (χ2n) is 4.41. The summed E-state index contributed by atoms with van der Waals surface area (Å²) in [6, 6.07) is 5.66. The van der Waals surface area contributed by atoms with Crippen molar-refractivity contribution in [1.82, 2.24) is 15.0 Å². The highest BCUT2D eigenvalue weighted by molar-refractivity contribution is 9.11. The molecule has 0 amide bonds. The Bertz CT molecular complexity index is 665. The van der Waals surface area contributed by atoms with Gasteiger partial charge in [0.1, 0.15) is 0 Å². The van der Waals surface area contributed by atoms with E-state index in [1.807, 2.05) is 18.2 Å². The summed E-state index contributed by atoms with van der Waals surface area (Å²) in [6.07, 6.45) is 1.98. The average molecular weight is 387 g/mol. The number of rotatable bonds is 3.